The van der Waals surface area contributed by atoms with Crippen LogP contribution in [0.25, 0.3) is 0 Å². The summed E-state index contributed by atoms with van der Waals surface area (Å²) in [7, 11) is 0. The molecular formula is C21H18N4O. The molecule has 2 N–H and O–H groups in total. The van der Waals surface area contributed by atoms with Crippen LogP contribution in [0.4, 0.5) is 17.2 Å². The van der Waals surface area contributed by atoms with Crippen molar-refractivity contribution in [2.75, 3.05) is 10.6 Å². The van der Waals surface area contributed by atoms with Gasteiger partial charge in [0.1, 0.15) is 5.82 Å². The van der Waals surface area contributed by atoms with Crippen molar-refractivity contribution in [2.24, 2.45) is 0 Å². The zero-order chi connectivity index (χ0) is 18.4. The molecule has 0 aliphatic rings. The molecule has 128 valence electrons. The van der Waals surface area contributed by atoms with Crippen LogP contribution in [0, 0.1) is 18.3 Å². The van der Waals surface area contributed by atoms with Crippen molar-refractivity contribution < 1.29 is 4.79 Å². The Labute approximate surface area is 152 Å². The highest BCUT2D eigenvalue weighted by molar-refractivity contribution is 5.92. The van der Waals surface area contributed by atoms with Gasteiger partial charge in [-0.1, -0.05) is 29.8 Å². The predicted molar refractivity (Wildman–Crippen MR) is 102 cm³/mol. The SMILES string of the molecule is Cc1cccc(CC(=O)Nc2ccc(Nc3ccc(C#N)cc3)nc2)c1. The average molecular weight is 342 g/mol. The van der Waals surface area contributed by atoms with E-state index in [-0.39, 0.29) is 5.91 Å². The number of nitrogens with zero attached hydrogens (tertiary/aromatic N) is 2. The number of nitriles is 1. The molecule has 3 rings (SSSR count). The Morgan fingerprint density at radius 1 is 1.08 bits per heavy atom. The van der Waals surface area contributed by atoms with E-state index >= 15 is 0 Å². The number of carbonyl (C=O) groups is 1. The standard InChI is InChI=1S/C21H18N4O/c1-15-3-2-4-17(11-15)12-21(26)25-19-9-10-20(23-14-19)24-18-7-5-16(13-22)6-8-18/h2-11,14H,12H2,1H3,(H,23,24)(H,25,26). The lowest BCUT2D eigenvalue weighted by Gasteiger charge is -2.08. The summed E-state index contributed by atoms with van der Waals surface area (Å²) >= 11 is 0. The molecule has 26 heavy (non-hydrogen) atoms. The van der Waals surface area contributed by atoms with Gasteiger partial charge in [-0.2, -0.15) is 5.26 Å². The summed E-state index contributed by atoms with van der Waals surface area (Å²) in [6.07, 6.45) is 1.94. The highest BCUT2D eigenvalue weighted by Gasteiger charge is 2.05. The molecule has 0 bridgehead atoms. The van der Waals surface area contributed by atoms with E-state index < -0.39 is 0 Å². The lowest BCUT2D eigenvalue weighted by atomic mass is 10.1. The molecule has 0 spiro atoms. The maximum Gasteiger partial charge on any atom is 0.228 e. The van der Waals surface area contributed by atoms with Crippen LogP contribution in [0.3, 0.4) is 0 Å². The zero-order valence-electron chi connectivity index (χ0n) is 14.4. The van der Waals surface area contributed by atoms with Crippen molar-refractivity contribution in [3.63, 3.8) is 0 Å². The fraction of sp³-hybridized carbons (Fsp3) is 0.0952. The van der Waals surface area contributed by atoms with E-state index in [1.165, 1.54) is 0 Å². The van der Waals surface area contributed by atoms with Gasteiger partial charge in [0, 0.05) is 5.69 Å². The smallest absolute Gasteiger partial charge is 0.228 e. The van der Waals surface area contributed by atoms with Gasteiger partial charge < -0.3 is 10.6 Å². The van der Waals surface area contributed by atoms with Gasteiger partial charge >= 0.3 is 0 Å². The maximum atomic E-state index is 12.1. The van der Waals surface area contributed by atoms with E-state index in [2.05, 4.69) is 21.7 Å². The molecular weight excluding hydrogens is 324 g/mol. The van der Waals surface area contributed by atoms with Crippen LogP contribution in [0.15, 0.2) is 66.9 Å². The highest BCUT2D eigenvalue weighted by Crippen LogP contribution is 2.17. The first-order valence-electron chi connectivity index (χ1n) is 8.21. The third-order valence-corrected chi connectivity index (χ3v) is 3.78. The number of pyridine rings is 1. The van der Waals surface area contributed by atoms with Crippen LogP contribution in [-0.2, 0) is 11.2 Å². The van der Waals surface area contributed by atoms with E-state index in [4.69, 9.17) is 5.26 Å². The van der Waals surface area contributed by atoms with Crippen molar-refractivity contribution in [1.82, 2.24) is 4.98 Å². The largest absolute Gasteiger partial charge is 0.340 e. The number of carbonyl (C=O) groups excluding carboxylic acids is 1. The molecule has 1 amide bonds. The first-order valence-corrected chi connectivity index (χ1v) is 8.21. The van der Waals surface area contributed by atoms with Gasteiger partial charge in [-0.05, 0) is 48.9 Å². The number of anilines is 3. The molecule has 2 aromatic carbocycles. The fourth-order valence-electron chi connectivity index (χ4n) is 2.53. The number of hydrogen-bond donors (Lipinski definition) is 2. The van der Waals surface area contributed by atoms with Crippen molar-refractivity contribution >= 4 is 23.1 Å². The van der Waals surface area contributed by atoms with Crippen LogP contribution in [-0.4, -0.2) is 10.9 Å². The van der Waals surface area contributed by atoms with Crippen LogP contribution in [0.2, 0.25) is 0 Å². The van der Waals surface area contributed by atoms with Gasteiger partial charge in [0.25, 0.3) is 0 Å². The van der Waals surface area contributed by atoms with E-state index in [0.717, 1.165) is 16.8 Å². The summed E-state index contributed by atoms with van der Waals surface area (Å²) in [4.78, 5) is 16.4. The normalized spacial score (nSPS) is 10.0. The Morgan fingerprint density at radius 3 is 2.50 bits per heavy atom. The summed E-state index contributed by atoms with van der Waals surface area (Å²) in [5, 5.41) is 14.8. The van der Waals surface area contributed by atoms with Gasteiger partial charge in [-0.25, -0.2) is 4.98 Å². The van der Waals surface area contributed by atoms with Crippen molar-refractivity contribution in [1.29, 1.82) is 5.26 Å². The van der Waals surface area contributed by atoms with Gasteiger partial charge in [0.05, 0.1) is 29.9 Å². The molecule has 0 atom stereocenters. The van der Waals surface area contributed by atoms with Crippen LogP contribution in [0.1, 0.15) is 16.7 Å². The summed E-state index contributed by atoms with van der Waals surface area (Å²) in [6.45, 7) is 2.00. The van der Waals surface area contributed by atoms with Crippen molar-refractivity contribution in [3.05, 3.63) is 83.6 Å². The Balaban J connectivity index is 1.58. The number of nitrogens with one attached hydrogen (secondary N) is 2. The Bertz CT molecular complexity index is 941. The van der Waals surface area contributed by atoms with E-state index in [0.29, 0.717) is 23.5 Å². The lowest BCUT2D eigenvalue weighted by Crippen LogP contribution is -2.14. The highest BCUT2D eigenvalue weighted by atomic mass is 16.1. The number of benzene rings is 2. The van der Waals surface area contributed by atoms with E-state index in [1.54, 1.807) is 30.5 Å². The third-order valence-electron chi connectivity index (χ3n) is 3.78. The molecule has 3 aromatic rings. The second-order valence-electron chi connectivity index (χ2n) is 5.96. The maximum absolute atomic E-state index is 12.1. The zero-order valence-corrected chi connectivity index (χ0v) is 14.4. The molecule has 5 nitrogen and oxygen atoms in total. The molecule has 0 saturated carbocycles. The number of amides is 1. The number of aromatic nitrogens is 1. The average Bonchev–Trinajstić information content (AvgIpc) is 2.64. The third kappa shape index (κ3) is 4.68. The number of aryl methyl sites for hydroxylation is 1. The molecule has 0 aliphatic carbocycles. The minimum Gasteiger partial charge on any atom is -0.340 e. The van der Waals surface area contributed by atoms with Gasteiger partial charge in [-0.15, -0.1) is 0 Å². The van der Waals surface area contributed by atoms with Crippen LogP contribution < -0.4 is 10.6 Å². The summed E-state index contributed by atoms with van der Waals surface area (Å²) < 4.78 is 0. The molecule has 0 radical (unpaired) electrons. The van der Waals surface area contributed by atoms with Gasteiger partial charge in [-0.3, -0.25) is 4.79 Å². The number of hydrogen-bond acceptors (Lipinski definition) is 4. The summed E-state index contributed by atoms with van der Waals surface area (Å²) in [5.74, 6) is 0.580. The Kier molecular flexibility index (Phi) is 5.25. The molecule has 0 aliphatic heterocycles. The summed E-state index contributed by atoms with van der Waals surface area (Å²) in [6, 6.07) is 20.7. The predicted octanol–water partition coefficient (Wildman–Crippen LogP) is 4.19. The first kappa shape index (κ1) is 17.2. The molecule has 1 heterocycles. The fourth-order valence-corrected chi connectivity index (χ4v) is 2.53. The second-order valence-corrected chi connectivity index (χ2v) is 5.96. The molecule has 1 aromatic heterocycles. The Morgan fingerprint density at radius 2 is 1.85 bits per heavy atom. The minimum absolute atomic E-state index is 0.0785. The first-order chi connectivity index (χ1) is 12.6. The van der Waals surface area contributed by atoms with Gasteiger partial charge in [0.2, 0.25) is 5.91 Å². The van der Waals surface area contributed by atoms with Crippen molar-refractivity contribution in [3.8, 4) is 6.07 Å². The lowest BCUT2D eigenvalue weighted by molar-refractivity contribution is -0.115. The molecule has 0 unspecified atom stereocenters. The number of rotatable bonds is 5. The molecule has 0 saturated heterocycles. The summed E-state index contributed by atoms with van der Waals surface area (Å²) in [5.41, 5.74) is 4.21. The monoisotopic (exact) mass is 342 g/mol. The Hall–Kier alpha value is -3.65. The molecule has 0 fully saturated rings. The van der Waals surface area contributed by atoms with Gasteiger partial charge in [0.15, 0.2) is 0 Å². The van der Waals surface area contributed by atoms with Crippen LogP contribution >= 0.6 is 0 Å². The van der Waals surface area contributed by atoms with Crippen LogP contribution in [0.5, 0.6) is 0 Å². The molecule has 5 heteroatoms. The quantitative estimate of drug-likeness (QED) is 0.729. The van der Waals surface area contributed by atoms with E-state index in [9.17, 15) is 4.79 Å². The topological polar surface area (TPSA) is 77.8 Å². The second kappa shape index (κ2) is 7.95. The van der Waals surface area contributed by atoms with E-state index in [1.807, 2.05) is 43.3 Å². The van der Waals surface area contributed by atoms with Crippen molar-refractivity contribution in [2.45, 2.75) is 13.3 Å². The minimum atomic E-state index is -0.0785.